The van der Waals surface area contributed by atoms with Gasteiger partial charge in [-0.3, -0.25) is 9.05 Å². The van der Waals surface area contributed by atoms with Crippen molar-refractivity contribution in [1.82, 2.24) is 0 Å². The zero-order valence-corrected chi connectivity index (χ0v) is 23.1. The molecule has 0 atom stereocenters. The number of carbonyl (C=O) groups excluding carboxylic acids is 1. The maximum Gasteiger partial charge on any atom is 1.00 e. The Hall–Kier alpha value is -0.868. The summed E-state index contributed by atoms with van der Waals surface area (Å²) >= 11 is 0. The van der Waals surface area contributed by atoms with Crippen LogP contribution in [0.1, 0.15) is 21.5 Å². The second kappa shape index (κ2) is 12.1. The third-order valence-corrected chi connectivity index (χ3v) is 5.10. The van der Waals surface area contributed by atoms with Gasteiger partial charge >= 0.3 is 76.7 Å². The van der Waals surface area contributed by atoms with E-state index in [4.69, 9.17) is 13.6 Å². The van der Waals surface area contributed by atoms with E-state index < -0.39 is 13.8 Å². The van der Waals surface area contributed by atoms with Crippen molar-refractivity contribution >= 4 is 13.8 Å². The summed E-state index contributed by atoms with van der Waals surface area (Å²) in [7, 11) is -3.97. The van der Waals surface area contributed by atoms with Crippen LogP contribution < -0.4 is 78.5 Å². The van der Waals surface area contributed by atoms with Crippen LogP contribution in [0.2, 0.25) is 0 Å². The number of phosphoric acid groups is 1. The molecule has 0 spiro atoms. The summed E-state index contributed by atoms with van der Waals surface area (Å²) in [6.45, 7) is 0.0636. The Bertz CT molecular complexity index is 900. The predicted octanol–water partition coefficient (Wildman–Crippen LogP) is 0.975. The molecule has 0 saturated heterocycles. The molecule has 0 aromatic heterocycles. The zero-order chi connectivity index (χ0) is 19.8. The monoisotopic (exact) mass is 530 g/mol. The van der Waals surface area contributed by atoms with Crippen LogP contribution >= 0.6 is 7.82 Å². The van der Waals surface area contributed by atoms with Crippen LogP contribution in [0.25, 0.3) is 0 Å². The molecule has 3 aromatic rings. The van der Waals surface area contributed by atoms with Crippen molar-refractivity contribution in [3.63, 3.8) is 0 Å². The molecule has 0 saturated carbocycles. The van der Waals surface area contributed by atoms with Crippen LogP contribution in [0.5, 0.6) is 5.75 Å². The molecule has 3 aromatic carbocycles. The quantitative estimate of drug-likeness (QED) is 0.384. The molecule has 144 valence electrons. The van der Waals surface area contributed by atoms with Crippen molar-refractivity contribution in [2.75, 3.05) is 0 Å². The van der Waals surface area contributed by atoms with Gasteiger partial charge in [0.05, 0.1) is 19.2 Å². The number of carboxylic acid groups (broad SMARTS) is 1. The normalized spacial score (nSPS) is 10.8. The molecule has 0 aliphatic carbocycles. The van der Waals surface area contributed by atoms with E-state index in [2.05, 4.69) is 0 Å². The molecule has 6 nitrogen and oxygen atoms in total. The number of benzene rings is 3. The number of hydrogen-bond donors (Lipinski definition) is 0. The van der Waals surface area contributed by atoms with Crippen molar-refractivity contribution in [3.05, 3.63) is 102 Å². The number of carboxylic acids is 1. The summed E-state index contributed by atoms with van der Waals surface area (Å²) in [5.74, 6) is -1.15. The van der Waals surface area contributed by atoms with Gasteiger partial charge in [-0.25, -0.2) is 4.57 Å². The second-order valence-corrected chi connectivity index (χ2v) is 7.46. The van der Waals surface area contributed by atoms with Crippen LogP contribution in [-0.4, -0.2) is 5.97 Å². The second-order valence-electron chi connectivity index (χ2n) is 5.87. The minimum absolute atomic E-state index is 0. The predicted molar refractivity (Wildman–Crippen MR) is 101 cm³/mol. The molecule has 8 heteroatoms. The van der Waals surface area contributed by atoms with E-state index in [0.29, 0.717) is 0 Å². The Morgan fingerprint density at radius 2 is 1.21 bits per heavy atom. The van der Waals surface area contributed by atoms with Crippen LogP contribution in [0.3, 0.4) is 0 Å². The molecule has 29 heavy (non-hydrogen) atoms. The Balaban J connectivity index is 0.00000300. The van der Waals surface area contributed by atoms with Gasteiger partial charge in [-0.15, -0.1) is 0 Å². The zero-order valence-electron chi connectivity index (χ0n) is 15.9. The van der Waals surface area contributed by atoms with E-state index >= 15 is 0 Å². The summed E-state index contributed by atoms with van der Waals surface area (Å²) in [4.78, 5) is 10.9. The van der Waals surface area contributed by atoms with E-state index in [1.165, 1.54) is 24.3 Å². The Morgan fingerprint density at radius 1 is 0.759 bits per heavy atom. The summed E-state index contributed by atoms with van der Waals surface area (Å²) in [5.41, 5.74) is 1.60. The number of phosphoric ester groups is 1. The van der Waals surface area contributed by atoms with E-state index in [1.54, 1.807) is 0 Å². The van der Waals surface area contributed by atoms with Crippen molar-refractivity contribution < 1.29 is 96.9 Å². The van der Waals surface area contributed by atoms with Crippen LogP contribution in [-0.2, 0) is 26.8 Å². The molecule has 0 aliphatic rings. The van der Waals surface area contributed by atoms with Gasteiger partial charge in [-0.05, 0) is 41.0 Å². The smallest absolute Gasteiger partial charge is 0.545 e. The maximum atomic E-state index is 13.2. The molecule has 0 heterocycles. The average molecular weight is 530 g/mol. The third kappa shape index (κ3) is 8.05. The van der Waals surface area contributed by atoms with Gasteiger partial charge in [-0.2, -0.15) is 0 Å². The Kier molecular flexibility index (Phi) is 10.2. The van der Waals surface area contributed by atoms with Crippen molar-refractivity contribution in [2.45, 2.75) is 13.2 Å². The standard InChI is InChI=1S/C21H19O6P.Cs/c22-21(23)19-11-13-20(14-12-19)27-28(24,25-15-17-7-3-1-4-8-17)26-16-18-9-5-2-6-10-18;/h1-14H,15-16H2,(H,22,23);/q;+1/p-1. The first-order chi connectivity index (χ1) is 13.5. The topological polar surface area (TPSA) is 84.9 Å². The van der Waals surface area contributed by atoms with Gasteiger partial charge in [-0.1, -0.05) is 60.7 Å². The van der Waals surface area contributed by atoms with E-state index in [0.717, 1.165) is 11.1 Å². The summed E-state index contributed by atoms with van der Waals surface area (Å²) in [6, 6.07) is 23.7. The molecule has 0 bridgehead atoms. The minimum Gasteiger partial charge on any atom is -0.545 e. The fourth-order valence-electron chi connectivity index (χ4n) is 2.33. The number of rotatable bonds is 9. The van der Waals surface area contributed by atoms with Gasteiger partial charge in [0.2, 0.25) is 0 Å². The Morgan fingerprint density at radius 3 is 1.62 bits per heavy atom. The van der Waals surface area contributed by atoms with Gasteiger partial charge in [0, 0.05) is 0 Å². The van der Waals surface area contributed by atoms with Gasteiger partial charge in [0.15, 0.2) is 0 Å². The van der Waals surface area contributed by atoms with E-state index in [9.17, 15) is 14.5 Å². The van der Waals surface area contributed by atoms with Crippen molar-refractivity contribution in [2.24, 2.45) is 0 Å². The average Bonchev–Trinajstić information content (AvgIpc) is 2.73. The molecule has 0 aliphatic heterocycles. The number of aromatic carboxylic acids is 1. The first-order valence-corrected chi connectivity index (χ1v) is 9.98. The molecular formula is C21H18CsO6P. The fraction of sp³-hybridized carbons (Fsp3) is 0.0952. The summed E-state index contributed by atoms with van der Waals surface area (Å²) < 4.78 is 29.6. The molecule has 0 radical (unpaired) electrons. The molecule has 3 rings (SSSR count). The molecule has 0 amide bonds. The van der Waals surface area contributed by atoms with Crippen LogP contribution in [0, 0.1) is 0 Å². The molecule has 0 fully saturated rings. The molecule has 0 N–H and O–H groups in total. The Labute approximate surface area is 228 Å². The minimum atomic E-state index is -3.97. The maximum absolute atomic E-state index is 13.2. The molecule has 0 unspecified atom stereocenters. The van der Waals surface area contributed by atoms with E-state index in [-0.39, 0.29) is 93.4 Å². The van der Waals surface area contributed by atoms with Gasteiger partial charge in [0.1, 0.15) is 5.75 Å². The third-order valence-electron chi connectivity index (χ3n) is 3.77. The number of hydrogen-bond acceptors (Lipinski definition) is 6. The fourth-order valence-corrected chi connectivity index (χ4v) is 3.50. The number of carbonyl (C=O) groups is 1. The van der Waals surface area contributed by atoms with Gasteiger partial charge in [0.25, 0.3) is 0 Å². The molecular weight excluding hydrogens is 512 g/mol. The van der Waals surface area contributed by atoms with Crippen LogP contribution in [0.4, 0.5) is 0 Å². The van der Waals surface area contributed by atoms with E-state index in [1.807, 2.05) is 60.7 Å². The summed E-state index contributed by atoms with van der Waals surface area (Å²) in [5, 5.41) is 10.9. The first kappa shape index (κ1) is 24.4. The van der Waals surface area contributed by atoms with Crippen molar-refractivity contribution in [1.29, 1.82) is 0 Å². The van der Waals surface area contributed by atoms with Crippen LogP contribution in [0.15, 0.2) is 84.9 Å². The SMILES string of the molecule is O=C([O-])c1ccc(OP(=O)(OCc2ccccc2)OCc2ccccc2)cc1.[Cs+]. The largest absolute Gasteiger partial charge is 1.00 e. The van der Waals surface area contributed by atoms with Crippen molar-refractivity contribution in [3.8, 4) is 5.75 Å². The summed E-state index contributed by atoms with van der Waals surface area (Å²) in [6.07, 6.45) is 0. The van der Waals surface area contributed by atoms with Gasteiger partial charge < -0.3 is 14.4 Å². The first-order valence-electron chi connectivity index (χ1n) is 8.52.